The highest BCUT2D eigenvalue weighted by Gasteiger charge is 2.28. The molecular weight excluding hydrogens is 196 g/mol. The number of H-pyrrole nitrogens is 1. The third kappa shape index (κ3) is 1.44. The van der Waals surface area contributed by atoms with Gasteiger partial charge in [-0.2, -0.15) is 0 Å². The van der Waals surface area contributed by atoms with Gasteiger partial charge in [0.15, 0.2) is 0 Å². The van der Waals surface area contributed by atoms with Gasteiger partial charge in [0, 0.05) is 23.2 Å². The van der Waals surface area contributed by atoms with Gasteiger partial charge in [-0.3, -0.25) is 4.98 Å². The quantitative estimate of drug-likeness (QED) is 0.769. The number of nitrogens with one attached hydrogen (secondary N) is 1. The van der Waals surface area contributed by atoms with E-state index in [0.717, 1.165) is 5.92 Å². The molecule has 3 rings (SSSR count). The molecular formula is C14H18N2. The number of pyridine rings is 1. The van der Waals surface area contributed by atoms with Crippen molar-refractivity contribution in [2.24, 2.45) is 0 Å². The van der Waals surface area contributed by atoms with Crippen molar-refractivity contribution in [2.45, 2.75) is 44.9 Å². The Morgan fingerprint density at radius 3 is 2.69 bits per heavy atom. The van der Waals surface area contributed by atoms with E-state index in [1.807, 2.05) is 6.20 Å². The SMILES string of the molecule is CC(C)(C)c1nccc2c(C3CC3)c[nH]c12. The molecule has 0 aromatic carbocycles. The van der Waals surface area contributed by atoms with Crippen LogP contribution in [0, 0.1) is 0 Å². The predicted octanol–water partition coefficient (Wildman–Crippen LogP) is 3.74. The first kappa shape index (κ1) is 9.88. The van der Waals surface area contributed by atoms with Crippen molar-refractivity contribution < 1.29 is 0 Å². The van der Waals surface area contributed by atoms with Gasteiger partial charge >= 0.3 is 0 Å². The highest BCUT2D eigenvalue weighted by atomic mass is 14.8. The molecule has 0 radical (unpaired) electrons. The molecule has 0 bridgehead atoms. The van der Waals surface area contributed by atoms with E-state index in [1.54, 1.807) is 0 Å². The second-order valence-corrected chi connectivity index (χ2v) is 5.85. The molecule has 16 heavy (non-hydrogen) atoms. The van der Waals surface area contributed by atoms with E-state index < -0.39 is 0 Å². The number of hydrogen-bond acceptors (Lipinski definition) is 1. The minimum absolute atomic E-state index is 0.102. The van der Waals surface area contributed by atoms with Crippen molar-refractivity contribution in [1.82, 2.24) is 9.97 Å². The smallest absolute Gasteiger partial charge is 0.0697 e. The number of hydrogen-bond donors (Lipinski definition) is 1. The predicted molar refractivity (Wildman–Crippen MR) is 66.8 cm³/mol. The summed E-state index contributed by atoms with van der Waals surface area (Å²) in [6.45, 7) is 6.64. The zero-order valence-electron chi connectivity index (χ0n) is 10.2. The van der Waals surface area contributed by atoms with Crippen LogP contribution in [0.1, 0.15) is 50.8 Å². The van der Waals surface area contributed by atoms with E-state index in [1.165, 1.54) is 35.0 Å². The highest BCUT2D eigenvalue weighted by Crippen LogP contribution is 2.44. The molecule has 0 amide bonds. The minimum Gasteiger partial charge on any atom is -0.359 e. The Kier molecular flexibility index (Phi) is 1.91. The molecule has 0 atom stereocenters. The first-order valence-electron chi connectivity index (χ1n) is 6.04. The van der Waals surface area contributed by atoms with Gasteiger partial charge in [0.1, 0.15) is 0 Å². The fraction of sp³-hybridized carbons (Fsp3) is 0.500. The van der Waals surface area contributed by atoms with Crippen molar-refractivity contribution in [3.8, 4) is 0 Å². The van der Waals surface area contributed by atoms with Crippen molar-refractivity contribution >= 4 is 10.9 Å². The Bertz CT molecular complexity index is 527. The fourth-order valence-corrected chi connectivity index (χ4v) is 2.38. The van der Waals surface area contributed by atoms with Gasteiger partial charge in [0.05, 0.1) is 11.2 Å². The Balaban J connectivity index is 2.24. The molecule has 0 aliphatic heterocycles. The van der Waals surface area contributed by atoms with Crippen LogP contribution < -0.4 is 0 Å². The molecule has 1 aliphatic rings. The topological polar surface area (TPSA) is 28.7 Å². The maximum Gasteiger partial charge on any atom is 0.0697 e. The summed E-state index contributed by atoms with van der Waals surface area (Å²) in [5, 5.41) is 1.38. The third-order valence-electron chi connectivity index (χ3n) is 3.36. The molecule has 0 spiro atoms. The van der Waals surface area contributed by atoms with Gasteiger partial charge in [-0.15, -0.1) is 0 Å². The van der Waals surface area contributed by atoms with Crippen molar-refractivity contribution in [1.29, 1.82) is 0 Å². The Morgan fingerprint density at radius 2 is 2.06 bits per heavy atom. The number of rotatable bonds is 1. The molecule has 2 heterocycles. The lowest BCUT2D eigenvalue weighted by atomic mass is 9.90. The molecule has 0 saturated heterocycles. The maximum atomic E-state index is 4.54. The van der Waals surface area contributed by atoms with Gasteiger partial charge in [0.2, 0.25) is 0 Å². The van der Waals surface area contributed by atoms with E-state index in [4.69, 9.17) is 0 Å². The monoisotopic (exact) mass is 214 g/mol. The summed E-state index contributed by atoms with van der Waals surface area (Å²) in [5.74, 6) is 0.795. The number of aromatic nitrogens is 2. The van der Waals surface area contributed by atoms with Crippen molar-refractivity contribution in [3.63, 3.8) is 0 Å². The standard InChI is InChI=1S/C14H18N2/c1-14(2,3)13-12-10(6-7-15-13)11(8-16-12)9-4-5-9/h6-9,16H,4-5H2,1-3H3. The largest absolute Gasteiger partial charge is 0.359 e. The molecule has 0 unspecified atom stereocenters. The van der Waals surface area contributed by atoms with Crippen LogP contribution in [0.25, 0.3) is 10.9 Å². The Hall–Kier alpha value is -1.31. The molecule has 2 aromatic heterocycles. The molecule has 2 aromatic rings. The summed E-state index contributed by atoms with van der Waals surface area (Å²) in [6, 6.07) is 2.15. The Labute approximate surface area is 96.1 Å². The lowest BCUT2D eigenvalue weighted by Crippen LogP contribution is -2.13. The van der Waals surface area contributed by atoms with E-state index in [2.05, 4.69) is 43.0 Å². The van der Waals surface area contributed by atoms with Crippen LogP contribution in [0.2, 0.25) is 0 Å². The first-order valence-corrected chi connectivity index (χ1v) is 6.04. The highest BCUT2D eigenvalue weighted by molar-refractivity contribution is 5.86. The maximum absolute atomic E-state index is 4.54. The van der Waals surface area contributed by atoms with Crippen LogP contribution in [-0.2, 0) is 5.41 Å². The fourth-order valence-electron chi connectivity index (χ4n) is 2.38. The van der Waals surface area contributed by atoms with Crippen LogP contribution in [-0.4, -0.2) is 9.97 Å². The average Bonchev–Trinajstić information content (AvgIpc) is 2.96. The third-order valence-corrected chi connectivity index (χ3v) is 3.36. The lowest BCUT2D eigenvalue weighted by molar-refractivity contribution is 0.574. The van der Waals surface area contributed by atoms with Crippen LogP contribution in [0.4, 0.5) is 0 Å². The van der Waals surface area contributed by atoms with Crippen LogP contribution in [0.15, 0.2) is 18.5 Å². The van der Waals surface area contributed by atoms with E-state index >= 15 is 0 Å². The second kappa shape index (κ2) is 3.09. The number of nitrogens with zero attached hydrogens (tertiary/aromatic N) is 1. The number of aromatic amines is 1. The zero-order chi connectivity index (χ0) is 11.3. The molecule has 1 fully saturated rings. The summed E-state index contributed by atoms with van der Waals surface area (Å²) >= 11 is 0. The normalized spacial score (nSPS) is 16.9. The van der Waals surface area contributed by atoms with Gasteiger partial charge in [-0.25, -0.2) is 0 Å². The first-order chi connectivity index (χ1) is 7.57. The summed E-state index contributed by atoms with van der Waals surface area (Å²) in [5.41, 5.74) is 4.00. The molecule has 84 valence electrons. The minimum atomic E-state index is 0.102. The summed E-state index contributed by atoms with van der Waals surface area (Å²) in [7, 11) is 0. The summed E-state index contributed by atoms with van der Waals surface area (Å²) < 4.78 is 0. The van der Waals surface area contributed by atoms with E-state index in [0.29, 0.717) is 0 Å². The summed E-state index contributed by atoms with van der Waals surface area (Å²) in [6.07, 6.45) is 6.82. The zero-order valence-corrected chi connectivity index (χ0v) is 10.2. The average molecular weight is 214 g/mol. The molecule has 1 N–H and O–H groups in total. The van der Waals surface area contributed by atoms with Crippen LogP contribution in [0.5, 0.6) is 0 Å². The molecule has 1 aliphatic carbocycles. The summed E-state index contributed by atoms with van der Waals surface area (Å²) in [4.78, 5) is 7.96. The Morgan fingerprint density at radius 1 is 1.31 bits per heavy atom. The van der Waals surface area contributed by atoms with Crippen molar-refractivity contribution in [2.75, 3.05) is 0 Å². The number of fused-ring (bicyclic) bond motifs is 1. The van der Waals surface area contributed by atoms with Gasteiger partial charge in [-0.05, 0) is 30.4 Å². The van der Waals surface area contributed by atoms with E-state index in [-0.39, 0.29) is 5.41 Å². The van der Waals surface area contributed by atoms with Gasteiger partial charge in [-0.1, -0.05) is 20.8 Å². The van der Waals surface area contributed by atoms with Crippen LogP contribution >= 0.6 is 0 Å². The van der Waals surface area contributed by atoms with Crippen molar-refractivity contribution in [3.05, 3.63) is 29.7 Å². The van der Waals surface area contributed by atoms with Gasteiger partial charge in [0.25, 0.3) is 0 Å². The van der Waals surface area contributed by atoms with Gasteiger partial charge < -0.3 is 4.98 Å². The second-order valence-electron chi connectivity index (χ2n) is 5.85. The van der Waals surface area contributed by atoms with Crippen LogP contribution in [0.3, 0.4) is 0 Å². The van der Waals surface area contributed by atoms with E-state index in [9.17, 15) is 0 Å². The molecule has 2 nitrogen and oxygen atoms in total. The lowest BCUT2D eigenvalue weighted by Gasteiger charge is -2.18. The molecule has 2 heteroatoms. The molecule has 1 saturated carbocycles.